The number of aryl methyl sites for hydroxylation is 1. The van der Waals surface area contributed by atoms with E-state index in [0.717, 1.165) is 30.4 Å². The Hall–Kier alpha value is -2.14. The molecule has 0 unspecified atom stereocenters. The number of nitrogens with one attached hydrogen (secondary N) is 1. The molecule has 1 fully saturated rings. The van der Waals surface area contributed by atoms with Crippen LogP contribution < -0.4 is 5.32 Å². The van der Waals surface area contributed by atoms with Crippen molar-refractivity contribution in [3.05, 3.63) is 57.8 Å². The lowest BCUT2D eigenvalue weighted by molar-refractivity contribution is 0.0698. The summed E-state index contributed by atoms with van der Waals surface area (Å²) in [5.74, 6) is 0.0662. The summed E-state index contributed by atoms with van der Waals surface area (Å²) in [7, 11) is 0. The number of amides is 2. The van der Waals surface area contributed by atoms with Gasteiger partial charge in [0.2, 0.25) is 0 Å². The molecule has 1 aliphatic rings. The van der Waals surface area contributed by atoms with Crippen LogP contribution in [0, 0.1) is 0 Å². The molecule has 0 saturated carbocycles. The quantitative estimate of drug-likeness (QED) is 0.926. The van der Waals surface area contributed by atoms with Crippen LogP contribution in [-0.4, -0.2) is 35.8 Å². The van der Waals surface area contributed by atoms with E-state index in [1.807, 2.05) is 46.0 Å². The van der Waals surface area contributed by atoms with Gasteiger partial charge in [0.05, 0.1) is 0 Å². The summed E-state index contributed by atoms with van der Waals surface area (Å²) in [6.45, 7) is 3.47. The average molecular weight is 342 g/mol. The van der Waals surface area contributed by atoms with Gasteiger partial charge in [-0.15, -0.1) is 0 Å². The number of likely N-dealkylation sites (tertiary alicyclic amines) is 1. The number of carbonyl (C=O) groups excluding carboxylic acids is 2. The fraction of sp³-hybridized carbons (Fsp3) is 0.368. The summed E-state index contributed by atoms with van der Waals surface area (Å²) in [6, 6.07) is 9.82. The van der Waals surface area contributed by atoms with Gasteiger partial charge in [-0.25, -0.2) is 0 Å². The van der Waals surface area contributed by atoms with Crippen molar-refractivity contribution in [2.45, 2.75) is 32.2 Å². The molecule has 126 valence electrons. The molecule has 0 atom stereocenters. The smallest absolute Gasteiger partial charge is 0.253 e. The van der Waals surface area contributed by atoms with E-state index in [2.05, 4.69) is 12.2 Å². The first-order chi connectivity index (χ1) is 11.7. The highest BCUT2D eigenvalue weighted by Crippen LogP contribution is 2.16. The monoisotopic (exact) mass is 342 g/mol. The topological polar surface area (TPSA) is 49.4 Å². The molecule has 2 aromatic rings. The molecular formula is C19H22N2O2S. The largest absolute Gasteiger partial charge is 0.349 e. The van der Waals surface area contributed by atoms with Crippen molar-refractivity contribution < 1.29 is 9.59 Å². The van der Waals surface area contributed by atoms with Crippen LogP contribution in [0.2, 0.25) is 0 Å². The first-order valence-electron chi connectivity index (χ1n) is 8.38. The Balaban J connectivity index is 1.52. The van der Waals surface area contributed by atoms with E-state index in [4.69, 9.17) is 0 Å². The van der Waals surface area contributed by atoms with Crippen molar-refractivity contribution in [2.24, 2.45) is 0 Å². The Labute approximate surface area is 146 Å². The normalized spacial score (nSPS) is 15.3. The highest BCUT2D eigenvalue weighted by atomic mass is 32.1. The maximum Gasteiger partial charge on any atom is 0.253 e. The number of nitrogens with zero attached hydrogens (tertiary/aromatic N) is 1. The maximum absolute atomic E-state index is 12.6. The van der Waals surface area contributed by atoms with Gasteiger partial charge in [-0.05, 0) is 48.4 Å². The zero-order valence-electron chi connectivity index (χ0n) is 13.8. The number of thiophene rings is 1. The molecule has 1 saturated heterocycles. The minimum Gasteiger partial charge on any atom is -0.349 e. The lowest BCUT2D eigenvalue weighted by atomic mass is 10.0. The number of hydrogen-bond donors (Lipinski definition) is 1. The minimum atomic E-state index is -0.0174. The average Bonchev–Trinajstić information content (AvgIpc) is 3.17. The van der Waals surface area contributed by atoms with E-state index in [-0.39, 0.29) is 17.9 Å². The second kappa shape index (κ2) is 7.62. The lowest BCUT2D eigenvalue weighted by Gasteiger charge is -2.32. The molecule has 1 aromatic heterocycles. The lowest BCUT2D eigenvalue weighted by Crippen LogP contribution is -2.46. The molecular weight excluding hydrogens is 320 g/mol. The third kappa shape index (κ3) is 3.85. The zero-order valence-corrected chi connectivity index (χ0v) is 14.6. The molecule has 0 spiro atoms. The molecule has 0 aliphatic carbocycles. The van der Waals surface area contributed by atoms with Crippen molar-refractivity contribution in [3.8, 4) is 0 Å². The van der Waals surface area contributed by atoms with E-state index in [1.165, 1.54) is 16.9 Å². The standard InChI is InChI=1S/C19H22N2O2S/c1-2-14-3-5-15(6-4-14)19(23)21-10-7-17(8-11-21)20-18(22)16-9-12-24-13-16/h3-6,9,12-13,17H,2,7-8,10-11H2,1H3,(H,20,22). The van der Waals surface area contributed by atoms with Gasteiger partial charge in [0.1, 0.15) is 0 Å². The van der Waals surface area contributed by atoms with E-state index in [0.29, 0.717) is 13.1 Å². The van der Waals surface area contributed by atoms with Crippen LogP contribution in [0.3, 0.4) is 0 Å². The Bertz CT molecular complexity index is 687. The van der Waals surface area contributed by atoms with Crippen LogP contribution in [0.4, 0.5) is 0 Å². The van der Waals surface area contributed by atoms with E-state index < -0.39 is 0 Å². The van der Waals surface area contributed by atoms with E-state index >= 15 is 0 Å². The van der Waals surface area contributed by atoms with Crippen LogP contribution in [0.1, 0.15) is 46.0 Å². The molecule has 3 rings (SSSR count). The number of rotatable bonds is 4. The molecule has 4 nitrogen and oxygen atoms in total. The van der Waals surface area contributed by atoms with Gasteiger partial charge in [0.25, 0.3) is 11.8 Å². The Morgan fingerprint density at radius 1 is 1.12 bits per heavy atom. The summed E-state index contributed by atoms with van der Waals surface area (Å²) in [4.78, 5) is 26.5. The third-order valence-electron chi connectivity index (χ3n) is 4.51. The van der Waals surface area contributed by atoms with Gasteiger partial charge >= 0.3 is 0 Å². The van der Waals surface area contributed by atoms with Crippen LogP contribution in [0.15, 0.2) is 41.1 Å². The van der Waals surface area contributed by atoms with Gasteiger partial charge in [-0.2, -0.15) is 11.3 Å². The van der Waals surface area contributed by atoms with Gasteiger partial charge in [0, 0.05) is 35.6 Å². The van der Waals surface area contributed by atoms with Crippen LogP contribution >= 0.6 is 11.3 Å². The fourth-order valence-corrected chi connectivity index (χ4v) is 3.59. The van der Waals surface area contributed by atoms with Crippen molar-refractivity contribution in [3.63, 3.8) is 0 Å². The summed E-state index contributed by atoms with van der Waals surface area (Å²) in [5, 5.41) is 6.82. The third-order valence-corrected chi connectivity index (χ3v) is 5.19. The predicted octanol–water partition coefficient (Wildman–Crippen LogP) is 3.35. The zero-order chi connectivity index (χ0) is 16.9. The van der Waals surface area contributed by atoms with Crippen molar-refractivity contribution in [2.75, 3.05) is 13.1 Å². The number of benzene rings is 1. The molecule has 0 radical (unpaired) electrons. The predicted molar refractivity (Wildman–Crippen MR) is 96.5 cm³/mol. The Morgan fingerprint density at radius 2 is 1.83 bits per heavy atom. The fourth-order valence-electron chi connectivity index (χ4n) is 2.95. The van der Waals surface area contributed by atoms with Gasteiger partial charge in [0.15, 0.2) is 0 Å². The molecule has 1 N–H and O–H groups in total. The Kier molecular flexibility index (Phi) is 5.30. The maximum atomic E-state index is 12.6. The van der Waals surface area contributed by atoms with Gasteiger partial charge in [-0.3, -0.25) is 9.59 Å². The van der Waals surface area contributed by atoms with Crippen molar-refractivity contribution in [1.29, 1.82) is 0 Å². The molecule has 1 aliphatic heterocycles. The summed E-state index contributed by atoms with van der Waals surface area (Å²) in [6.07, 6.45) is 2.58. The van der Waals surface area contributed by atoms with Gasteiger partial charge in [-0.1, -0.05) is 19.1 Å². The number of piperidine rings is 1. The van der Waals surface area contributed by atoms with Crippen LogP contribution in [-0.2, 0) is 6.42 Å². The number of carbonyl (C=O) groups is 2. The van der Waals surface area contributed by atoms with Gasteiger partial charge < -0.3 is 10.2 Å². The SMILES string of the molecule is CCc1ccc(C(=O)N2CCC(NC(=O)c3ccsc3)CC2)cc1. The van der Waals surface area contributed by atoms with E-state index in [9.17, 15) is 9.59 Å². The summed E-state index contributed by atoms with van der Waals surface area (Å²) >= 11 is 1.52. The second-order valence-electron chi connectivity index (χ2n) is 6.10. The molecule has 0 bridgehead atoms. The molecule has 2 heterocycles. The molecule has 2 amide bonds. The first kappa shape index (κ1) is 16.7. The molecule has 5 heteroatoms. The van der Waals surface area contributed by atoms with Crippen LogP contribution in [0.5, 0.6) is 0 Å². The Morgan fingerprint density at radius 3 is 2.42 bits per heavy atom. The highest BCUT2D eigenvalue weighted by Gasteiger charge is 2.24. The van der Waals surface area contributed by atoms with Crippen LogP contribution in [0.25, 0.3) is 0 Å². The second-order valence-corrected chi connectivity index (χ2v) is 6.88. The number of hydrogen-bond acceptors (Lipinski definition) is 3. The summed E-state index contributed by atoms with van der Waals surface area (Å²) in [5.41, 5.74) is 2.70. The summed E-state index contributed by atoms with van der Waals surface area (Å²) < 4.78 is 0. The first-order valence-corrected chi connectivity index (χ1v) is 9.33. The van der Waals surface area contributed by atoms with Crippen molar-refractivity contribution >= 4 is 23.2 Å². The van der Waals surface area contributed by atoms with E-state index in [1.54, 1.807) is 0 Å². The molecule has 1 aromatic carbocycles. The highest BCUT2D eigenvalue weighted by molar-refractivity contribution is 7.08. The van der Waals surface area contributed by atoms with Crippen molar-refractivity contribution in [1.82, 2.24) is 10.2 Å². The minimum absolute atomic E-state index is 0.0174. The molecule has 24 heavy (non-hydrogen) atoms.